The number of sulfonamides is 1. The zero-order valence-corrected chi connectivity index (χ0v) is 15.8. The fourth-order valence-electron chi connectivity index (χ4n) is 2.12. The number of carbonyl (C=O) groups is 1. The molecule has 0 radical (unpaired) electrons. The summed E-state index contributed by atoms with van der Waals surface area (Å²) in [4.78, 5) is 11.9. The van der Waals surface area contributed by atoms with Gasteiger partial charge in [-0.3, -0.25) is 4.79 Å². The molecule has 1 N–H and O–H groups in total. The van der Waals surface area contributed by atoms with Gasteiger partial charge in [0, 0.05) is 23.3 Å². The normalized spacial score (nSPS) is 11.6. The van der Waals surface area contributed by atoms with Crippen LogP contribution in [0, 0.1) is 11.6 Å². The fraction of sp³-hybridized carbons (Fsp3) is 0.188. The molecule has 0 unspecified atom stereocenters. The first-order chi connectivity index (χ1) is 12.1. The highest BCUT2D eigenvalue weighted by Gasteiger charge is 2.27. The van der Waals surface area contributed by atoms with Gasteiger partial charge in [-0.1, -0.05) is 30.1 Å². The van der Waals surface area contributed by atoms with Crippen molar-refractivity contribution in [3.63, 3.8) is 0 Å². The maximum absolute atomic E-state index is 13.2. The van der Waals surface area contributed by atoms with E-state index in [0.717, 1.165) is 22.5 Å². The molecule has 0 heterocycles. The van der Waals surface area contributed by atoms with Crippen molar-refractivity contribution < 1.29 is 22.0 Å². The van der Waals surface area contributed by atoms with Crippen LogP contribution in [0.15, 0.2) is 41.3 Å². The second kappa shape index (κ2) is 8.30. The molecule has 0 atom stereocenters. The Bertz CT molecular complexity index is 939. The lowest BCUT2D eigenvalue weighted by atomic mass is 10.3. The van der Waals surface area contributed by atoms with E-state index in [-0.39, 0.29) is 27.2 Å². The van der Waals surface area contributed by atoms with Gasteiger partial charge in [0.05, 0.1) is 11.6 Å². The molecule has 0 aliphatic carbocycles. The summed E-state index contributed by atoms with van der Waals surface area (Å²) in [6.45, 7) is 0.984. The number of anilines is 1. The van der Waals surface area contributed by atoms with Crippen LogP contribution in [0.25, 0.3) is 0 Å². The summed E-state index contributed by atoms with van der Waals surface area (Å²) in [7, 11) is -4.08. The van der Waals surface area contributed by atoms with Crippen LogP contribution in [0.3, 0.4) is 0 Å². The first kappa shape index (κ1) is 20.6. The number of likely N-dealkylation sites (N-methyl/N-ethyl adjacent to an activating group) is 1. The van der Waals surface area contributed by atoms with Gasteiger partial charge >= 0.3 is 0 Å². The Hall–Kier alpha value is -1.74. The Morgan fingerprint density at radius 2 is 1.81 bits per heavy atom. The molecule has 2 aromatic carbocycles. The third kappa shape index (κ3) is 4.70. The highest BCUT2D eigenvalue weighted by atomic mass is 35.5. The molecule has 1 amide bonds. The number of nitrogens with zero attached hydrogens (tertiary/aromatic N) is 1. The Labute approximate surface area is 159 Å². The van der Waals surface area contributed by atoms with Gasteiger partial charge in [0.1, 0.15) is 4.90 Å². The summed E-state index contributed by atoms with van der Waals surface area (Å²) >= 11 is 11.8. The van der Waals surface area contributed by atoms with Crippen LogP contribution in [-0.4, -0.2) is 31.7 Å². The van der Waals surface area contributed by atoms with Crippen LogP contribution < -0.4 is 5.32 Å². The van der Waals surface area contributed by atoms with Crippen LogP contribution in [0.4, 0.5) is 14.5 Å². The maximum atomic E-state index is 13.2. The summed E-state index contributed by atoms with van der Waals surface area (Å²) in [5.74, 6) is -2.91. The average Bonchev–Trinajstić information content (AvgIpc) is 2.58. The lowest BCUT2D eigenvalue weighted by Gasteiger charge is -2.21. The number of rotatable bonds is 6. The average molecular weight is 423 g/mol. The van der Waals surface area contributed by atoms with E-state index in [2.05, 4.69) is 5.32 Å². The molecule has 0 aliphatic heterocycles. The number of hydrogen-bond acceptors (Lipinski definition) is 3. The summed E-state index contributed by atoms with van der Waals surface area (Å²) in [6.07, 6.45) is 0. The first-order valence-corrected chi connectivity index (χ1v) is 9.55. The Kier molecular flexibility index (Phi) is 6.57. The molecule has 0 saturated heterocycles. The topological polar surface area (TPSA) is 66.5 Å². The van der Waals surface area contributed by atoms with E-state index in [9.17, 15) is 22.0 Å². The minimum atomic E-state index is -4.08. The summed E-state index contributed by atoms with van der Waals surface area (Å²) in [5, 5.41) is 2.46. The molecule has 0 aliphatic rings. The molecule has 0 spiro atoms. The molecule has 0 aromatic heterocycles. The molecule has 0 bridgehead atoms. The molecule has 10 heteroatoms. The van der Waals surface area contributed by atoms with Crippen molar-refractivity contribution in [2.24, 2.45) is 0 Å². The fourth-order valence-corrected chi connectivity index (χ4v) is 4.26. The van der Waals surface area contributed by atoms with E-state index in [1.54, 1.807) is 6.92 Å². The number of carbonyl (C=O) groups excluding carboxylic acids is 1. The lowest BCUT2D eigenvalue weighted by molar-refractivity contribution is -0.116. The maximum Gasteiger partial charge on any atom is 0.245 e. The molecular weight excluding hydrogens is 409 g/mol. The predicted octanol–water partition coefficient (Wildman–Crippen LogP) is 3.92. The van der Waals surface area contributed by atoms with Crippen molar-refractivity contribution in [1.82, 2.24) is 4.31 Å². The Balaban J connectivity index is 2.20. The monoisotopic (exact) mass is 422 g/mol. The molecule has 0 saturated carbocycles. The quantitative estimate of drug-likeness (QED) is 0.766. The molecule has 5 nitrogen and oxygen atoms in total. The van der Waals surface area contributed by atoms with E-state index in [1.165, 1.54) is 18.2 Å². The molecule has 0 fully saturated rings. The SMILES string of the molecule is CCN(CC(=O)Nc1ccc(F)c(F)c1)S(=O)(=O)c1cc(Cl)ccc1Cl. The minimum absolute atomic E-state index is 0.00291. The number of benzene rings is 2. The smallest absolute Gasteiger partial charge is 0.245 e. The minimum Gasteiger partial charge on any atom is -0.325 e. The highest BCUT2D eigenvalue weighted by Crippen LogP contribution is 2.27. The molecule has 2 aromatic rings. The van der Waals surface area contributed by atoms with Gasteiger partial charge in [-0.2, -0.15) is 4.31 Å². The van der Waals surface area contributed by atoms with E-state index >= 15 is 0 Å². The van der Waals surface area contributed by atoms with Crippen LogP contribution in [0.5, 0.6) is 0 Å². The number of amides is 1. The van der Waals surface area contributed by atoms with Crippen LogP contribution in [-0.2, 0) is 14.8 Å². The summed E-state index contributed by atoms with van der Waals surface area (Å²) in [5.41, 5.74) is 0.00291. The van der Waals surface area contributed by atoms with Crippen molar-refractivity contribution >= 4 is 44.8 Å². The predicted molar refractivity (Wildman–Crippen MR) is 95.9 cm³/mol. The van der Waals surface area contributed by atoms with Gasteiger partial charge < -0.3 is 5.32 Å². The Morgan fingerprint density at radius 3 is 2.42 bits per heavy atom. The number of halogens is 4. The van der Waals surface area contributed by atoms with E-state index in [4.69, 9.17) is 23.2 Å². The van der Waals surface area contributed by atoms with Gasteiger partial charge in [-0.15, -0.1) is 0 Å². The molecular formula is C16H14Cl2F2N2O3S. The van der Waals surface area contributed by atoms with Crippen LogP contribution >= 0.6 is 23.2 Å². The van der Waals surface area contributed by atoms with Gasteiger partial charge in [0.25, 0.3) is 0 Å². The standard InChI is InChI=1S/C16H14Cl2F2N2O3S/c1-2-22(26(24,25)15-7-10(17)3-5-12(15)18)9-16(23)21-11-4-6-13(19)14(20)8-11/h3-8H,2,9H2,1H3,(H,21,23). The van der Waals surface area contributed by atoms with Crippen molar-refractivity contribution in [2.75, 3.05) is 18.4 Å². The van der Waals surface area contributed by atoms with Gasteiger partial charge in [0.15, 0.2) is 11.6 Å². The largest absolute Gasteiger partial charge is 0.325 e. The first-order valence-electron chi connectivity index (χ1n) is 7.35. The van der Waals surface area contributed by atoms with Crippen molar-refractivity contribution in [3.8, 4) is 0 Å². The van der Waals surface area contributed by atoms with Crippen LogP contribution in [0.2, 0.25) is 10.0 Å². The third-order valence-corrected chi connectivity index (χ3v) is 6.02. The lowest BCUT2D eigenvalue weighted by Crippen LogP contribution is -2.38. The zero-order chi connectivity index (χ0) is 19.5. The van der Waals surface area contributed by atoms with E-state index < -0.39 is 34.1 Å². The van der Waals surface area contributed by atoms with Gasteiger partial charge in [-0.25, -0.2) is 17.2 Å². The second-order valence-electron chi connectivity index (χ2n) is 5.18. The molecule has 26 heavy (non-hydrogen) atoms. The van der Waals surface area contributed by atoms with E-state index in [0.29, 0.717) is 0 Å². The third-order valence-electron chi connectivity index (χ3n) is 3.39. The molecule has 140 valence electrons. The number of hydrogen-bond donors (Lipinski definition) is 1. The van der Waals surface area contributed by atoms with Crippen molar-refractivity contribution in [3.05, 3.63) is 58.1 Å². The van der Waals surface area contributed by atoms with Gasteiger partial charge in [0.2, 0.25) is 15.9 Å². The summed E-state index contributed by atoms with van der Waals surface area (Å²) < 4.78 is 52.4. The zero-order valence-electron chi connectivity index (χ0n) is 13.5. The van der Waals surface area contributed by atoms with Crippen molar-refractivity contribution in [2.45, 2.75) is 11.8 Å². The molecule has 2 rings (SSSR count). The van der Waals surface area contributed by atoms with Gasteiger partial charge in [-0.05, 0) is 30.3 Å². The second-order valence-corrected chi connectivity index (χ2v) is 7.93. The van der Waals surface area contributed by atoms with Crippen molar-refractivity contribution in [1.29, 1.82) is 0 Å². The Morgan fingerprint density at radius 1 is 1.12 bits per heavy atom. The van der Waals surface area contributed by atoms with Crippen LogP contribution in [0.1, 0.15) is 6.92 Å². The van der Waals surface area contributed by atoms with E-state index in [1.807, 2.05) is 0 Å². The number of nitrogens with one attached hydrogen (secondary N) is 1. The highest BCUT2D eigenvalue weighted by molar-refractivity contribution is 7.89. The summed E-state index contributed by atoms with van der Waals surface area (Å²) in [6, 6.07) is 6.78.